The lowest BCUT2D eigenvalue weighted by atomic mass is 10.1. The van der Waals surface area contributed by atoms with Gasteiger partial charge in [-0.25, -0.2) is 9.50 Å². The molecule has 0 radical (unpaired) electrons. The highest BCUT2D eigenvalue weighted by atomic mass is 15.3. The summed E-state index contributed by atoms with van der Waals surface area (Å²) in [6, 6.07) is 14.3. The van der Waals surface area contributed by atoms with E-state index in [1.807, 2.05) is 42.6 Å². The lowest BCUT2D eigenvalue weighted by Crippen LogP contribution is -1.97. The summed E-state index contributed by atoms with van der Waals surface area (Å²) in [4.78, 5) is 4.48. The standard InChI is InChI=1S/C14H13N3/c1-10-8-13(12-6-4-3-5-7-12)17-14(15-10)9-11(2)16-17/h3-9H,1-2H3. The maximum Gasteiger partial charge on any atom is 0.156 e. The normalized spacial score (nSPS) is 10.9. The molecule has 0 aliphatic carbocycles. The van der Waals surface area contributed by atoms with Gasteiger partial charge in [0.05, 0.1) is 11.4 Å². The number of hydrogen-bond acceptors (Lipinski definition) is 2. The second-order valence-electron chi connectivity index (χ2n) is 4.20. The van der Waals surface area contributed by atoms with E-state index in [0.717, 1.165) is 28.3 Å². The molecule has 0 aliphatic rings. The average Bonchev–Trinajstić information content (AvgIpc) is 2.69. The van der Waals surface area contributed by atoms with Gasteiger partial charge in [0, 0.05) is 17.3 Å². The van der Waals surface area contributed by atoms with Crippen molar-refractivity contribution in [1.82, 2.24) is 14.6 Å². The van der Waals surface area contributed by atoms with Crippen LogP contribution in [0, 0.1) is 13.8 Å². The van der Waals surface area contributed by atoms with Gasteiger partial charge in [-0.15, -0.1) is 0 Å². The van der Waals surface area contributed by atoms with Gasteiger partial charge in [0.25, 0.3) is 0 Å². The zero-order valence-corrected chi connectivity index (χ0v) is 9.88. The fourth-order valence-electron chi connectivity index (χ4n) is 2.03. The molecule has 84 valence electrons. The first-order valence-corrected chi connectivity index (χ1v) is 5.63. The van der Waals surface area contributed by atoms with Crippen LogP contribution in [0.2, 0.25) is 0 Å². The first-order chi connectivity index (χ1) is 8.24. The monoisotopic (exact) mass is 223 g/mol. The van der Waals surface area contributed by atoms with Crippen molar-refractivity contribution in [1.29, 1.82) is 0 Å². The molecule has 3 heteroatoms. The topological polar surface area (TPSA) is 30.2 Å². The molecule has 0 bridgehead atoms. The SMILES string of the molecule is Cc1cc(-c2ccccc2)n2nc(C)cc2n1. The fourth-order valence-corrected chi connectivity index (χ4v) is 2.03. The van der Waals surface area contributed by atoms with E-state index in [1.165, 1.54) is 0 Å². The molecular weight excluding hydrogens is 210 g/mol. The molecule has 2 heterocycles. The van der Waals surface area contributed by atoms with E-state index in [1.54, 1.807) is 0 Å². The maximum atomic E-state index is 4.48. The highest BCUT2D eigenvalue weighted by Gasteiger charge is 2.07. The molecule has 0 unspecified atom stereocenters. The number of aromatic nitrogens is 3. The number of rotatable bonds is 1. The van der Waals surface area contributed by atoms with Gasteiger partial charge in [-0.1, -0.05) is 30.3 Å². The lowest BCUT2D eigenvalue weighted by molar-refractivity contribution is 0.917. The van der Waals surface area contributed by atoms with Gasteiger partial charge >= 0.3 is 0 Å². The van der Waals surface area contributed by atoms with Gasteiger partial charge in [0.1, 0.15) is 0 Å². The van der Waals surface area contributed by atoms with Crippen molar-refractivity contribution in [2.45, 2.75) is 13.8 Å². The first kappa shape index (κ1) is 10.0. The number of aryl methyl sites for hydroxylation is 2. The van der Waals surface area contributed by atoms with Crippen LogP contribution in [0.1, 0.15) is 11.4 Å². The smallest absolute Gasteiger partial charge is 0.156 e. The van der Waals surface area contributed by atoms with E-state index in [4.69, 9.17) is 0 Å². The Morgan fingerprint density at radius 2 is 1.71 bits per heavy atom. The molecule has 0 amide bonds. The van der Waals surface area contributed by atoms with Crippen molar-refractivity contribution in [3.63, 3.8) is 0 Å². The summed E-state index contributed by atoms with van der Waals surface area (Å²) in [7, 11) is 0. The van der Waals surface area contributed by atoms with Crippen LogP contribution in [0.3, 0.4) is 0 Å². The number of nitrogens with zero attached hydrogens (tertiary/aromatic N) is 3. The summed E-state index contributed by atoms with van der Waals surface area (Å²) in [6.45, 7) is 3.99. The molecule has 3 rings (SSSR count). The minimum atomic E-state index is 0.904. The summed E-state index contributed by atoms with van der Waals surface area (Å²) in [5.74, 6) is 0. The van der Waals surface area contributed by atoms with Gasteiger partial charge < -0.3 is 0 Å². The molecule has 0 saturated heterocycles. The number of fused-ring (bicyclic) bond motifs is 1. The lowest BCUT2D eigenvalue weighted by Gasteiger charge is -2.05. The van der Waals surface area contributed by atoms with Gasteiger partial charge in [0.15, 0.2) is 5.65 Å². The summed E-state index contributed by atoms with van der Waals surface area (Å²) in [5.41, 5.74) is 5.14. The molecule has 17 heavy (non-hydrogen) atoms. The molecule has 3 aromatic rings. The Kier molecular flexibility index (Phi) is 2.18. The van der Waals surface area contributed by atoms with Crippen LogP contribution < -0.4 is 0 Å². The number of hydrogen-bond donors (Lipinski definition) is 0. The molecule has 0 saturated carbocycles. The van der Waals surface area contributed by atoms with Crippen molar-refractivity contribution >= 4 is 5.65 Å². The fraction of sp³-hybridized carbons (Fsp3) is 0.143. The third-order valence-electron chi connectivity index (χ3n) is 2.75. The summed E-state index contributed by atoms with van der Waals surface area (Å²) in [6.07, 6.45) is 0. The van der Waals surface area contributed by atoms with E-state index >= 15 is 0 Å². The first-order valence-electron chi connectivity index (χ1n) is 5.63. The van der Waals surface area contributed by atoms with Gasteiger partial charge in [0.2, 0.25) is 0 Å². The molecule has 3 nitrogen and oxygen atoms in total. The molecule has 0 atom stereocenters. The Hall–Kier alpha value is -2.16. The Morgan fingerprint density at radius 3 is 2.47 bits per heavy atom. The van der Waals surface area contributed by atoms with Crippen LogP contribution in [0.25, 0.3) is 16.9 Å². The van der Waals surface area contributed by atoms with Crippen LogP contribution in [0.15, 0.2) is 42.5 Å². The predicted octanol–water partition coefficient (Wildman–Crippen LogP) is 3.01. The zero-order valence-electron chi connectivity index (χ0n) is 9.88. The minimum absolute atomic E-state index is 0.904. The van der Waals surface area contributed by atoms with E-state index in [9.17, 15) is 0 Å². The molecule has 0 spiro atoms. The summed E-state index contributed by atoms with van der Waals surface area (Å²) < 4.78 is 1.90. The van der Waals surface area contributed by atoms with Crippen LogP contribution in [0.4, 0.5) is 0 Å². The van der Waals surface area contributed by atoms with Crippen molar-refractivity contribution in [2.75, 3.05) is 0 Å². The van der Waals surface area contributed by atoms with Gasteiger partial charge in [-0.2, -0.15) is 5.10 Å². The molecule has 0 aliphatic heterocycles. The largest absolute Gasteiger partial charge is 0.234 e. The van der Waals surface area contributed by atoms with E-state index in [-0.39, 0.29) is 0 Å². The predicted molar refractivity (Wildman–Crippen MR) is 67.9 cm³/mol. The Morgan fingerprint density at radius 1 is 0.941 bits per heavy atom. The second-order valence-corrected chi connectivity index (χ2v) is 4.20. The van der Waals surface area contributed by atoms with Crippen LogP contribution in [-0.4, -0.2) is 14.6 Å². The quantitative estimate of drug-likeness (QED) is 0.634. The van der Waals surface area contributed by atoms with Crippen molar-refractivity contribution < 1.29 is 0 Å². The zero-order chi connectivity index (χ0) is 11.8. The number of benzene rings is 1. The Balaban J connectivity index is 2.35. The summed E-state index contributed by atoms with van der Waals surface area (Å²) in [5, 5.41) is 4.48. The van der Waals surface area contributed by atoms with E-state index < -0.39 is 0 Å². The van der Waals surface area contributed by atoms with Crippen LogP contribution in [-0.2, 0) is 0 Å². The Bertz CT molecular complexity index is 669. The van der Waals surface area contributed by atoms with Gasteiger partial charge in [-0.3, -0.25) is 0 Å². The van der Waals surface area contributed by atoms with E-state index in [2.05, 4.69) is 28.3 Å². The van der Waals surface area contributed by atoms with Crippen molar-refractivity contribution in [2.24, 2.45) is 0 Å². The molecular formula is C14H13N3. The highest BCUT2D eigenvalue weighted by Crippen LogP contribution is 2.20. The van der Waals surface area contributed by atoms with E-state index in [0.29, 0.717) is 0 Å². The Labute approximate surface area is 99.7 Å². The van der Waals surface area contributed by atoms with Crippen molar-refractivity contribution in [3.05, 3.63) is 53.9 Å². The minimum Gasteiger partial charge on any atom is -0.234 e. The second kappa shape index (κ2) is 3.70. The third-order valence-corrected chi connectivity index (χ3v) is 2.75. The molecule has 2 aromatic heterocycles. The van der Waals surface area contributed by atoms with Crippen LogP contribution >= 0.6 is 0 Å². The highest BCUT2D eigenvalue weighted by molar-refractivity contribution is 5.63. The third kappa shape index (κ3) is 1.69. The molecule has 1 aromatic carbocycles. The van der Waals surface area contributed by atoms with Crippen LogP contribution in [0.5, 0.6) is 0 Å². The molecule has 0 N–H and O–H groups in total. The maximum absolute atomic E-state index is 4.48. The van der Waals surface area contributed by atoms with Gasteiger partial charge in [-0.05, 0) is 19.9 Å². The molecule has 0 fully saturated rings. The average molecular weight is 223 g/mol. The summed E-state index contributed by atoms with van der Waals surface area (Å²) >= 11 is 0. The van der Waals surface area contributed by atoms with Crippen molar-refractivity contribution in [3.8, 4) is 11.3 Å².